The summed E-state index contributed by atoms with van der Waals surface area (Å²) in [6.07, 6.45) is 3.99. The van der Waals surface area contributed by atoms with Gasteiger partial charge in [-0.2, -0.15) is 0 Å². The minimum Gasteiger partial charge on any atom is -0.456 e. The maximum absolute atomic E-state index is 15.0. The van der Waals surface area contributed by atoms with Crippen LogP contribution in [-0.4, -0.2) is 21.1 Å². The fraction of sp³-hybridized carbons (Fsp3) is 0.0769. The highest BCUT2D eigenvalue weighted by molar-refractivity contribution is 6.04. The Balaban J connectivity index is 1.56. The monoisotopic (exact) mass is 422 g/mol. The molecule has 6 aromatic rings. The van der Waals surface area contributed by atoms with Crippen LogP contribution in [0.2, 0.25) is 0 Å². The molecule has 6 rings (SSSR count). The van der Waals surface area contributed by atoms with Gasteiger partial charge in [0.05, 0.1) is 22.9 Å². The summed E-state index contributed by atoms with van der Waals surface area (Å²) in [5, 5.41) is 1.92. The number of aromatic nitrogens is 3. The first-order valence-electron chi connectivity index (χ1n) is 10.4. The highest BCUT2D eigenvalue weighted by Crippen LogP contribution is 2.33. The fourth-order valence-electron chi connectivity index (χ4n) is 4.22. The highest BCUT2D eigenvalue weighted by Gasteiger charge is 2.15. The summed E-state index contributed by atoms with van der Waals surface area (Å²) in [5.41, 5.74) is 11.0. The highest BCUT2D eigenvalue weighted by atomic mass is 19.1. The smallest absolute Gasteiger partial charge is 0.147 e. The van der Waals surface area contributed by atoms with E-state index in [-0.39, 0.29) is 5.82 Å². The van der Waals surface area contributed by atoms with Crippen LogP contribution >= 0.6 is 0 Å². The average Bonchev–Trinajstić information content (AvgIpc) is 3.44. The third-order valence-electron chi connectivity index (χ3n) is 5.79. The first kappa shape index (κ1) is 18.7. The summed E-state index contributed by atoms with van der Waals surface area (Å²) >= 11 is 0. The number of nitrogens with zero attached hydrogens (tertiary/aromatic N) is 3. The summed E-state index contributed by atoms with van der Waals surface area (Å²) in [6, 6.07) is 21.1. The van der Waals surface area contributed by atoms with Gasteiger partial charge in [0.1, 0.15) is 29.0 Å². The number of benzene rings is 3. The predicted molar refractivity (Wildman–Crippen MR) is 124 cm³/mol. The zero-order chi connectivity index (χ0) is 21.7. The van der Waals surface area contributed by atoms with Crippen LogP contribution in [0.1, 0.15) is 5.56 Å². The van der Waals surface area contributed by atoms with Gasteiger partial charge in [-0.1, -0.05) is 24.3 Å². The lowest BCUT2D eigenvalue weighted by atomic mass is 10.1. The van der Waals surface area contributed by atoms with E-state index in [9.17, 15) is 0 Å². The van der Waals surface area contributed by atoms with E-state index >= 15 is 4.39 Å². The van der Waals surface area contributed by atoms with E-state index < -0.39 is 0 Å². The zero-order valence-electron chi connectivity index (χ0n) is 17.1. The molecule has 3 aromatic heterocycles. The Morgan fingerprint density at radius 1 is 0.938 bits per heavy atom. The van der Waals surface area contributed by atoms with Crippen molar-refractivity contribution in [1.82, 2.24) is 14.5 Å². The SMILES string of the molecule is NCCc1ccc(-n2cnc3cnc4ccc(-c5cc6ccccc6o5)cc4c32)c(F)c1. The molecule has 0 aliphatic rings. The van der Waals surface area contributed by atoms with Crippen molar-refractivity contribution in [3.63, 3.8) is 0 Å². The van der Waals surface area contributed by atoms with E-state index in [2.05, 4.69) is 9.97 Å². The van der Waals surface area contributed by atoms with Crippen molar-refractivity contribution in [3.05, 3.63) is 90.6 Å². The maximum Gasteiger partial charge on any atom is 0.147 e. The van der Waals surface area contributed by atoms with Crippen molar-refractivity contribution >= 4 is 32.9 Å². The Bertz CT molecular complexity index is 1580. The van der Waals surface area contributed by atoms with Crippen molar-refractivity contribution in [1.29, 1.82) is 0 Å². The topological polar surface area (TPSA) is 69.9 Å². The second-order valence-electron chi connectivity index (χ2n) is 7.81. The van der Waals surface area contributed by atoms with Gasteiger partial charge in [0.2, 0.25) is 0 Å². The van der Waals surface area contributed by atoms with Crippen molar-refractivity contribution in [2.24, 2.45) is 5.73 Å². The van der Waals surface area contributed by atoms with Gasteiger partial charge in [-0.25, -0.2) is 9.37 Å². The summed E-state index contributed by atoms with van der Waals surface area (Å²) < 4.78 is 22.8. The van der Waals surface area contributed by atoms with Crippen molar-refractivity contribution < 1.29 is 8.81 Å². The first-order chi connectivity index (χ1) is 15.7. The quantitative estimate of drug-likeness (QED) is 0.400. The van der Waals surface area contributed by atoms with Crippen LogP contribution in [0, 0.1) is 5.82 Å². The third-order valence-corrected chi connectivity index (χ3v) is 5.79. The minimum absolute atomic E-state index is 0.311. The number of imidazole rings is 1. The molecule has 0 saturated carbocycles. The van der Waals surface area contributed by atoms with Gasteiger partial charge in [-0.15, -0.1) is 0 Å². The molecule has 0 bridgehead atoms. The van der Waals surface area contributed by atoms with Crippen LogP contribution in [-0.2, 0) is 6.42 Å². The Hall–Kier alpha value is -4.03. The molecule has 0 amide bonds. The number of fused-ring (bicyclic) bond motifs is 4. The first-order valence-corrected chi connectivity index (χ1v) is 10.4. The van der Waals surface area contributed by atoms with Crippen molar-refractivity contribution in [3.8, 4) is 17.0 Å². The molecule has 0 aliphatic carbocycles. The molecule has 0 aliphatic heterocycles. The lowest BCUT2D eigenvalue weighted by molar-refractivity contribution is 0.617. The van der Waals surface area contributed by atoms with Gasteiger partial charge >= 0.3 is 0 Å². The van der Waals surface area contributed by atoms with E-state index in [1.54, 1.807) is 23.2 Å². The molecule has 5 nitrogen and oxygen atoms in total. The number of furan rings is 1. The Morgan fingerprint density at radius 2 is 1.84 bits per heavy atom. The van der Waals surface area contributed by atoms with Crippen molar-refractivity contribution in [2.75, 3.05) is 6.54 Å². The zero-order valence-corrected chi connectivity index (χ0v) is 17.1. The van der Waals surface area contributed by atoms with Crippen LogP contribution in [0.15, 0.2) is 83.7 Å². The molecule has 0 spiro atoms. The molecular formula is C26H19FN4O. The van der Waals surface area contributed by atoms with Crippen LogP contribution in [0.4, 0.5) is 4.39 Å². The maximum atomic E-state index is 15.0. The number of para-hydroxylation sites is 1. The third kappa shape index (κ3) is 2.96. The summed E-state index contributed by atoms with van der Waals surface area (Å²) in [6.45, 7) is 0.480. The number of hydrogen-bond donors (Lipinski definition) is 1. The number of hydrogen-bond acceptors (Lipinski definition) is 4. The summed E-state index contributed by atoms with van der Waals surface area (Å²) in [4.78, 5) is 9.01. The van der Waals surface area contributed by atoms with Gasteiger partial charge in [0.15, 0.2) is 0 Å². The lowest BCUT2D eigenvalue weighted by Crippen LogP contribution is -2.04. The Morgan fingerprint density at radius 3 is 2.69 bits per heavy atom. The largest absolute Gasteiger partial charge is 0.456 e. The van der Waals surface area contributed by atoms with E-state index in [0.29, 0.717) is 24.2 Å². The molecule has 0 unspecified atom stereocenters. The predicted octanol–water partition coefficient (Wildman–Crippen LogP) is 5.63. The molecule has 3 heterocycles. The Labute approximate surface area is 182 Å². The summed E-state index contributed by atoms with van der Waals surface area (Å²) in [5.74, 6) is 0.460. The van der Waals surface area contributed by atoms with E-state index in [1.807, 2.05) is 54.6 Å². The van der Waals surface area contributed by atoms with Crippen molar-refractivity contribution in [2.45, 2.75) is 6.42 Å². The molecule has 32 heavy (non-hydrogen) atoms. The molecule has 6 heteroatoms. The molecule has 0 saturated heterocycles. The van der Waals surface area contributed by atoms with Crippen LogP contribution in [0.3, 0.4) is 0 Å². The molecule has 0 radical (unpaired) electrons. The average molecular weight is 422 g/mol. The molecular weight excluding hydrogens is 403 g/mol. The van der Waals surface area contributed by atoms with Gasteiger partial charge in [0.25, 0.3) is 0 Å². The van der Waals surface area contributed by atoms with Crippen LogP contribution in [0.5, 0.6) is 0 Å². The number of pyridine rings is 1. The van der Waals surface area contributed by atoms with Crippen LogP contribution < -0.4 is 5.73 Å². The second-order valence-corrected chi connectivity index (χ2v) is 7.81. The number of nitrogens with two attached hydrogens (primary N) is 1. The van der Waals surface area contributed by atoms with Gasteiger partial charge in [-0.3, -0.25) is 9.55 Å². The lowest BCUT2D eigenvalue weighted by Gasteiger charge is -2.10. The summed E-state index contributed by atoms with van der Waals surface area (Å²) in [7, 11) is 0. The molecule has 0 fully saturated rings. The number of halogens is 1. The normalized spacial score (nSPS) is 11.7. The second kappa shape index (κ2) is 7.28. The molecule has 2 N–H and O–H groups in total. The van der Waals surface area contributed by atoms with Crippen LogP contribution in [0.25, 0.3) is 49.9 Å². The molecule has 0 atom stereocenters. The van der Waals surface area contributed by atoms with E-state index in [4.69, 9.17) is 10.2 Å². The molecule has 3 aromatic carbocycles. The van der Waals surface area contributed by atoms with E-state index in [0.717, 1.165) is 44.3 Å². The number of rotatable bonds is 4. The standard InChI is InChI=1S/C26H19FN4O/c27-20-11-16(9-10-28)5-8-23(20)31-15-30-22-14-29-21-7-6-18(12-19(21)26(22)31)25-13-17-3-1-2-4-24(17)32-25/h1-8,11-15H,9-10,28H2. The van der Waals surface area contributed by atoms with E-state index in [1.165, 1.54) is 6.07 Å². The minimum atomic E-state index is -0.311. The van der Waals surface area contributed by atoms with Gasteiger partial charge in [0, 0.05) is 16.3 Å². The Kier molecular flexibility index (Phi) is 4.26. The van der Waals surface area contributed by atoms with Gasteiger partial charge < -0.3 is 10.2 Å². The van der Waals surface area contributed by atoms with Gasteiger partial charge in [-0.05, 0) is 61.0 Å². The fourth-order valence-corrected chi connectivity index (χ4v) is 4.22. The molecule has 156 valence electrons.